The Bertz CT molecular complexity index is 526. The highest BCUT2D eigenvalue weighted by Gasteiger charge is 2.31. The summed E-state index contributed by atoms with van der Waals surface area (Å²) in [4.78, 5) is 22.9. The summed E-state index contributed by atoms with van der Waals surface area (Å²) >= 11 is 0. The van der Waals surface area contributed by atoms with Crippen LogP contribution in [0.15, 0.2) is 24.3 Å². The Morgan fingerprint density at radius 1 is 1.29 bits per heavy atom. The first kappa shape index (κ1) is 17.0. The zero-order valence-corrected chi connectivity index (χ0v) is 11.6. The van der Waals surface area contributed by atoms with E-state index in [1.165, 1.54) is 6.07 Å². The summed E-state index contributed by atoms with van der Waals surface area (Å²) in [6, 6.07) is 2.73. The van der Waals surface area contributed by atoms with Crippen molar-refractivity contribution in [1.29, 1.82) is 0 Å². The summed E-state index contributed by atoms with van der Waals surface area (Å²) in [5.74, 6) is -2.04. The monoisotopic (exact) mass is 303 g/mol. The van der Waals surface area contributed by atoms with E-state index in [-0.39, 0.29) is 17.9 Å². The molecule has 21 heavy (non-hydrogen) atoms. The molecule has 0 fully saturated rings. The maximum atomic E-state index is 12.6. The number of carboxylic acid groups (broad SMARTS) is 1. The molecule has 0 aliphatic rings. The summed E-state index contributed by atoms with van der Waals surface area (Å²) in [6.07, 6.45) is -4.36. The van der Waals surface area contributed by atoms with Gasteiger partial charge in [-0.05, 0) is 30.5 Å². The van der Waals surface area contributed by atoms with Crippen LogP contribution < -0.4 is 5.32 Å². The topological polar surface area (TPSA) is 66.4 Å². The molecule has 7 heteroatoms. The number of carboxylic acids is 1. The summed E-state index contributed by atoms with van der Waals surface area (Å²) in [5.41, 5.74) is -1.18. The molecule has 1 rings (SSSR count). The largest absolute Gasteiger partial charge is 0.480 e. The Morgan fingerprint density at radius 2 is 1.90 bits per heavy atom. The molecular weight excluding hydrogens is 287 g/mol. The van der Waals surface area contributed by atoms with Crippen molar-refractivity contribution >= 4 is 11.9 Å². The fourth-order valence-electron chi connectivity index (χ4n) is 1.77. The van der Waals surface area contributed by atoms with E-state index in [1.54, 1.807) is 13.8 Å². The summed E-state index contributed by atoms with van der Waals surface area (Å²) in [6.45, 7) is 3.57. The molecule has 0 saturated heterocycles. The Morgan fingerprint density at radius 3 is 2.38 bits per heavy atom. The van der Waals surface area contributed by atoms with Gasteiger partial charge in [-0.15, -0.1) is 0 Å². The van der Waals surface area contributed by atoms with Gasteiger partial charge in [0, 0.05) is 5.56 Å². The predicted octanol–water partition coefficient (Wildman–Crippen LogP) is 2.93. The summed E-state index contributed by atoms with van der Waals surface area (Å²) in [5, 5.41) is 11.2. The van der Waals surface area contributed by atoms with Crippen LogP contribution in [0.3, 0.4) is 0 Å². The molecule has 0 saturated carbocycles. The van der Waals surface area contributed by atoms with Crippen molar-refractivity contribution < 1.29 is 27.9 Å². The van der Waals surface area contributed by atoms with E-state index >= 15 is 0 Å². The number of halogens is 3. The standard InChI is InChI=1S/C14H16F3NO3/c1-8(2)6-11(13(20)21)18-12(19)9-4-3-5-10(7-9)14(15,16)17/h3-5,7-8,11H,6H2,1-2H3,(H,18,19)(H,20,21)/t11-/m1/s1. The van der Waals surface area contributed by atoms with Crippen molar-refractivity contribution in [3.8, 4) is 0 Å². The van der Waals surface area contributed by atoms with Crippen LogP contribution in [0.2, 0.25) is 0 Å². The highest BCUT2D eigenvalue weighted by Crippen LogP contribution is 2.29. The molecule has 0 radical (unpaired) electrons. The maximum absolute atomic E-state index is 12.6. The number of rotatable bonds is 5. The normalized spacial score (nSPS) is 13.0. The SMILES string of the molecule is CC(C)C[C@@H](NC(=O)c1cccc(C(F)(F)F)c1)C(=O)O. The lowest BCUT2D eigenvalue weighted by Gasteiger charge is -2.17. The van der Waals surface area contributed by atoms with Gasteiger partial charge in [-0.2, -0.15) is 13.2 Å². The Balaban J connectivity index is 2.90. The predicted molar refractivity (Wildman–Crippen MR) is 69.8 cm³/mol. The van der Waals surface area contributed by atoms with Crippen molar-refractivity contribution in [3.63, 3.8) is 0 Å². The van der Waals surface area contributed by atoms with Crippen LogP contribution in [0.1, 0.15) is 36.2 Å². The summed E-state index contributed by atoms with van der Waals surface area (Å²) < 4.78 is 37.7. The van der Waals surface area contributed by atoms with Gasteiger partial charge < -0.3 is 10.4 Å². The molecule has 0 spiro atoms. The van der Waals surface area contributed by atoms with E-state index in [2.05, 4.69) is 5.32 Å². The molecule has 116 valence electrons. The number of alkyl halides is 3. The number of nitrogens with one attached hydrogen (secondary N) is 1. The van der Waals surface area contributed by atoms with Gasteiger partial charge in [0.1, 0.15) is 6.04 Å². The fourth-order valence-corrected chi connectivity index (χ4v) is 1.77. The van der Waals surface area contributed by atoms with Gasteiger partial charge in [0.15, 0.2) is 0 Å². The molecule has 1 amide bonds. The molecule has 0 bridgehead atoms. The zero-order valence-electron chi connectivity index (χ0n) is 11.6. The number of amides is 1. The lowest BCUT2D eigenvalue weighted by molar-refractivity contribution is -0.140. The third kappa shape index (κ3) is 5.09. The Labute approximate surface area is 120 Å². The number of hydrogen-bond donors (Lipinski definition) is 2. The molecule has 1 aromatic rings. The molecule has 1 atom stereocenters. The minimum Gasteiger partial charge on any atom is -0.480 e. The van der Waals surface area contributed by atoms with Crippen molar-refractivity contribution in [2.24, 2.45) is 5.92 Å². The van der Waals surface area contributed by atoms with E-state index in [1.807, 2.05) is 0 Å². The van der Waals surface area contributed by atoms with Crippen molar-refractivity contribution in [2.75, 3.05) is 0 Å². The molecular formula is C14H16F3NO3. The Hall–Kier alpha value is -2.05. The van der Waals surface area contributed by atoms with Gasteiger partial charge in [0.25, 0.3) is 5.91 Å². The molecule has 0 heterocycles. The highest BCUT2D eigenvalue weighted by atomic mass is 19.4. The Kier molecular flexibility index (Phi) is 5.34. The van der Waals surface area contributed by atoms with Gasteiger partial charge in [-0.1, -0.05) is 19.9 Å². The van der Waals surface area contributed by atoms with E-state index in [4.69, 9.17) is 5.11 Å². The second-order valence-electron chi connectivity index (χ2n) is 5.07. The van der Waals surface area contributed by atoms with Crippen LogP contribution >= 0.6 is 0 Å². The quantitative estimate of drug-likeness (QED) is 0.879. The van der Waals surface area contributed by atoms with Gasteiger partial charge >= 0.3 is 12.1 Å². The lowest BCUT2D eigenvalue weighted by atomic mass is 10.0. The van der Waals surface area contributed by atoms with Crippen molar-refractivity contribution in [1.82, 2.24) is 5.32 Å². The van der Waals surface area contributed by atoms with Crippen LogP contribution in [0.4, 0.5) is 13.2 Å². The molecule has 0 aromatic heterocycles. The molecule has 2 N–H and O–H groups in total. The average Bonchev–Trinajstić information content (AvgIpc) is 2.36. The molecule has 4 nitrogen and oxygen atoms in total. The van der Waals surface area contributed by atoms with E-state index in [0.29, 0.717) is 6.07 Å². The average molecular weight is 303 g/mol. The van der Waals surface area contributed by atoms with Crippen LogP contribution in [0.5, 0.6) is 0 Å². The minimum absolute atomic E-state index is 0.0212. The van der Waals surface area contributed by atoms with E-state index < -0.39 is 29.7 Å². The van der Waals surface area contributed by atoms with Crippen molar-refractivity contribution in [2.45, 2.75) is 32.5 Å². The first-order chi connectivity index (χ1) is 9.61. The van der Waals surface area contributed by atoms with Gasteiger partial charge in [0.2, 0.25) is 0 Å². The zero-order chi connectivity index (χ0) is 16.2. The van der Waals surface area contributed by atoms with Gasteiger partial charge in [0.05, 0.1) is 5.56 Å². The first-order valence-corrected chi connectivity index (χ1v) is 6.32. The van der Waals surface area contributed by atoms with Crippen LogP contribution in [-0.4, -0.2) is 23.0 Å². The molecule has 1 aromatic carbocycles. The molecule has 0 aliphatic carbocycles. The van der Waals surface area contributed by atoms with Crippen LogP contribution in [0, 0.1) is 5.92 Å². The molecule has 0 unspecified atom stereocenters. The number of hydrogen-bond acceptors (Lipinski definition) is 2. The first-order valence-electron chi connectivity index (χ1n) is 6.32. The van der Waals surface area contributed by atoms with Gasteiger partial charge in [-0.25, -0.2) is 4.79 Å². The number of carbonyl (C=O) groups is 2. The number of benzene rings is 1. The minimum atomic E-state index is -4.56. The van der Waals surface area contributed by atoms with E-state index in [9.17, 15) is 22.8 Å². The second kappa shape index (κ2) is 6.60. The summed E-state index contributed by atoms with van der Waals surface area (Å²) in [7, 11) is 0. The number of aliphatic carboxylic acids is 1. The maximum Gasteiger partial charge on any atom is 0.416 e. The van der Waals surface area contributed by atoms with Gasteiger partial charge in [-0.3, -0.25) is 4.79 Å². The third-order valence-corrected chi connectivity index (χ3v) is 2.76. The lowest BCUT2D eigenvalue weighted by Crippen LogP contribution is -2.41. The van der Waals surface area contributed by atoms with Crippen molar-refractivity contribution in [3.05, 3.63) is 35.4 Å². The molecule has 0 aliphatic heterocycles. The third-order valence-electron chi connectivity index (χ3n) is 2.76. The van der Waals surface area contributed by atoms with Crippen LogP contribution in [-0.2, 0) is 11.0 Å². The highest BCUT2D eigenvalue weighted by molar-refractivity contribution is 5.96. The van der Waals surface area contributed by atoms with Crippen LogP contribution in [0.25, 0.3) is 0 Å². The van der Waals surface area contributed by atoms with E-state index in [0.717, 1.165) is 12.1 Å². The fraction of sp³-hybridized carbons (Fsp3) is 0.429. The number of carbonyl (C=O) groups excluding carboxylic acids is 1. The second-order valence-corrected chi connectivity index (χ2v) is 5.07. The smallest absolute Gasteiger partial charge is 0.416 e.